The molecule has 0 spiro atoms. The summed E-state index contributed by atoms with van der Waals surface area (Å²) in [6, 6.07) is 2.76. The zero-order valence-electron chi connectivity index (χ0n) is 11.7. The van der Waals surface area contributed by atoms with Crippen LogP contribution in [0.5, 0.6) is 0 Å². The molecule has 2 N–H and O–H groups in total. The van der Waals surface area contributed by atoms with Gasteiger partial charge in [0.2, 0.25) is 0 Å². The van der Waals surface area contributed by atoms with E-state index in [-0.39, 0.29) is 12.0 Å². The van der Waals surface area contributed by atoms with Gasteiger partial charge < -0.3 is 10.4 Å². The molecule has 116 valence electrons. The molecular weight excluding hydrogens is 280 g/mol. The molecule has 0 fully saturated rings. The molecule has 0 radical (unpaired) electrons. The van der Waals surface area contributed by atoms with Gasteiger partial charge in [0.25, 0.3) is 5.91 Å². The Morgan fingerprint density at radius 1 is 1.05 bits per heavy atom. The Hall–Kier alpha value is -1.98. The summed E-state index contributed by atoms with van der Waals surface area (Å²) < 4.78 is 26.3. The molecule has 1 amide bonds. The van der Waals surface area contributed by atoms with Crippen LogP contribution in [-0.4, -0.2) is 23.5 Å². The van der Waals surface area contributed by atoms with Crippen molar-refractivity contribution in [3.8, 4) is 0 Å². The van der Waals surface area contributed by atoms with E-state index in [0.29, 0.717) is 13.0 Å². The molecule has 0 saturated carbocycles. The average molecular weight is 299 g/mol. The second-order valence-corrected chi connectivity index (χ2v) is 4.79. The molecule has 0 atom stereocenters. The number of unbranched alkanes of at least 4 members (excludes halogenated alkanes) is 4. The number of hydrogen-bond acceptors (Lipinski definition) is 2. The van der Waals surface area contributed by atoms with E-state index in [1.165, 1.54) is 0 Å². The molecule has 0 saturated heterocycles. The molecule has 0 aliphatic carbocycles. The minimum Gasteiger partial charge on any atom is -0.481 e. The molecule has 0 bridgehead atoms. The van der Waals surface area contributed by atoms with E-state index >= 15 is 0 Å². The summed E-state index contributed by atoms with van der Waals surface area (Å²) in [5.74, 6) is -2.82. The smallest absolute Gasteiger partial charge is 0.303 e. The van der Waals surface area contributed by atoms with Gasteiger partial charge in [-0.25, -0.2) is 8.78 Å². The lowest BCUT2D eigenvalue weighted by atomic mass is 10.1. The lowest BCUT2D eigenvalue weighted by molar-refractivity contribution is -0.137. The maximum Gasteiger partial charge on any atom is 0.303 e. The van der Waals surface area contributed by atoms with Crippen molar-refractivity contribution in [2.45, 2.75) is 38.5 Å². The van der Waals surface area contributed by atoms with Crippen molar-refractivity contribution in [2.24, 2.45) is 0 Å². The average Bonchev–Trinajstić information content (AvgIpc) is 2.43. The third-order valence-electron chi connectivity index (χ3n) is 3.03. The second kappa shape index (κ2) is 9.05. The highest BCUT2D eigenvalue weighted by atomic mass is 19.1. The molecule has 4 nitrogen and oxygen atoms in total. The number of carbonyl (C=O) groups is 2. The monoisotopic (exact) mass is 299 g/mol. The lowest BCUT2D eigenvalue weighted by Crippen LogP contribution is -2.25. The number of nitrogens with one attached hydrogen (secondary N) is 1. The van der Waals surface area contributed by atoms with E-state index in [1.807, 2.05) is 0 Å². The predicted molar refractivity (Wildman–Crippen MR) is 74.0 cm³/mol. The van der Waals surface area contributed by atoms with Gasteiger partial charge >= 0.3 is 5.97 Å². The standard InChI is InChI=1S/C15H19F2NO3/c16-11-7-8-13(17)12(10-11)15(21)18-9-5-3-1-2-4-6-14(19)20/h7-8,10H,1-6,9H2,(H,18,21)(H,19,20). The molecule has 1 rings (SSSR count). The predicted octanol–water partition coefficient (Wildman–Crippen LogP) is 3.12. The van der Waals surface area contributed by atoms with Crippen LogP contribution in [0.15, 0.2) is 18.2 Å². The van der Waals surface area contributed by atoms with Crippen molar-refractivity contribution >= 4 is 11.9 Å². The molecule has 0 aromatic heterocycles. The van der Waals surface area contributed by atoms with Crippen LogP contribution in [0.1, 0.15) is 48.9 Å². The van der Waals surface area contributed by atoms with Gasteiger partial charge in [0.15, 0.2) is 0 Å². The Morgan fingerprint density at radius 3 is 2.43 bits per heavy atom. The highest BCUT2D eigenvalue weighted by Crippen LogP contribution is 2.10. The fourth-order valence-corrected chi connectivity index (χ4v) is 1.90. The minimum atomic E-state index is -0.792. The van der Waals surface area contributed by atoms with Crippen LogP contribution in [0.25, 0.3) is 0 Å². The normalized spacial score (nSPS) is 10.4. The van der Waals surface area contributed by atoms with E-state index in [0.717, 1.165) is 43.9 Å². The molecular formula is C15H19F2NO3. The molecule has 0 aliphatic rings. The Kier molecular flexibility index (Phi) is 7.36. The van der Waals surface area contributed by atoms with Crippen LogP contribution < -0.4 is 5.32 Å². The number of carboxylic acid groups (broad SMARTS) is 1. The fourth-order valence-electron chi connectivity index (χ4n) is 1.90. The van der Waals surface area contributed by atoms with E-state index in [1.54, 1.807) is 0 Å². The zero-order valence-corrected chi connectivity index (χ0v) is 11.7. The van der Waals surface area contributed by atoms with Crippen molar-refractivity contribution in [2.75, 3.05) is 6.54 Å². The molecule has 1 aromatic carbocycles. The minimum absolute atomic E-state index is 0.176. The number of halogens is 2. The Balaban J connectivity index is 2.16. The maximum atomic E-state index is 13.3. The van der Waals surface area contributed by atoms with E-state index < -0.39 is 23.5 Å². The first-order chi connectivity index (χ1) is 10.0. The van der Waals surface area contributed by atoms with Crippen LogP contribution in [0.2, 0.25) is 0 Å². The van der Waals surface area contributed by atoms with Gasteiger partial charge in [0.05, 0.1) is 5.56 Å². The topological polar surface area (TPSA) is 66.4 Å². The van der Waals surface area contributed by atoms with Crippen LogP contribution >= 0.6 is 0 Å². The van der Waals surface area contributed by atoms with Crippen molar-refractivity contribution in [1.82, 2.24) is 5.32 Å². The summed E-state index contributed by atoms with van der Waals surface area (Å²) >= 11 is 0. The Labute approximate surface area is 122 Å². The summed E-state index contributed by atoms with van der Waals surface area (Å²) in [6.07, 6.45) is 4.11. The third kappa shape index (κ3) is 6.83. The fraction of sp³-hybridized carbons (Fsp3) is 0.467. The summed E-state index contributed by atoms with van der Waals surface area (Å²) in [6.45, 7) is 0.383. The number of amides is 1. The molecule has 0 unspecified atom stereocenters. The first-order valence-electron chi connectivity index (χ1n) is 6.95. The first kappa shape index (κ1) is 17.1. The highest BCUT2D eigenvalue weighted by molar-refractivity contribution is 5.94. The SMILES string of the molecule is O=C(O)CCCCCCCNC(=O)c1cc(F)ccc1F. The summed E-state index contributed by atoms with van der Waals surface area (Å²) in [5.41, 5.74) is -0.295. The van der Waals surface area contributed by atoms with Gasteiger partial charge in [-0.3, -0.25) is 9.59 Å². The lowest BCUT2D eigenvalue weighted by Gasteiger charge is -2.06. The van der Waals surface area contributed by atoms with Crippen molar-refractivity contribution in [1.29, 1.82) is 0 Å². The molecule has 6 heteroatoms. The number of aliphatic carboxylic acids is 1. The second-order valence-electron chi connectivity index (χ2n) is 4.79. The number of carbonyl (C=O) groups excluding carboxylic acids is 1. The Morgan fingerprint density at radius 2 is 1.71 bits per heavy atom. The summed E-state index contributed by atoms with van der Waals surface area (Å²) in [4.78, 5) is 21.9. The molecule has 0 aliphatic heterocycles. The summed E-state index contributed by atoms with van der Waals surface area (Å²) in [7, 11) is 0. The van der Waals surface area contributed by atoms with Crippen LogP contribution in [0, 0.1) is 11.6 Å². The number of carboxylic acids is 1. The van der Waals surface area contributed by atoms with Crippen molar-refractivity contribution in [3.63, 3.8) is 0 Å². The van der Waals surface area contributed by atoms with Gasteiger partial charge in [0.1, 0.15) is 11.6 Å². The van der Waals surface area contributed by atoms with E-state index in [2.05, 4.69) is 5.32 Å². The number of benzene rings is 1. The van der Waals surface area contributed by atoms with E-state index in [4.69, 9.17) is 5.11 Å². The number of hydrogen-bond donors (Lipinski definition) is 2. The summed E-state index contributed by atoms with van der Waals surface area (Å²) in [5, 5.41) is 11.0. The van der Waals surface area contributed by atoms with Crippen LogP contribution in [0.3, 0.4) is 0 Å². The zero-order chi connectivity index (χ0) is 15.7. The van der Waals surface area contributed by atoms with Gasteiger partial charge in [-0.2, -0.15) is 0 Å². The van der Waals surface area contributed by atoms with Crippen LogP contribution in [-0.2, 0) is 4.79 Å². The molecule has 0 heterocycles. The van der Waals surface area contributed by atoms with Gasteiger partial charge in [-0.1, -0.05) is 19.3 Å². The van der Waals surface area contributed by atoms with Crippen LogP contribution in [0.4, 0.5) is 8.78 Å². The highest BCUT2D eigenvalue weighted by Gasteiger charge is 2.11. The Bertz CT molecular complexity index is 492. The molecule has 1 aromatic rings. The van der Waals surface area contributed by atoms with Gasteiger partial charge in [-0.15, -0.1) is 0 Å². The van der Waals surface area contributed by atoms with Gasteiger partial charge in [0, 0.05) is 13.0 Å². The van der Waals surface area contributed by atoms with Crippen molar-refractivity contribution < 1.29 is 23.5 Å². The first-order valence-corrected chi connectivity index (χ1v) is 6.95. The quantitative estimate of drug-likeness (QED) is 0.688. The van der Waals surface area contributed by atoms with E-state index in [9.17, 15) is 18.4 Å². The number of rotatable bonds is 9. The van der Waals surface area contributed by atoms with Gasteiger partial charge in [-0.05, 0) is 31.0 Å². The van der Waals surface area contributed by atoms with Crippen molar-refractivity contribution in [3.05, 3.63) is 35.4 Å². The largest absolute Gasteiger partial charge is 0.481 e. The third-order valence-corrected chi connectivity index (χ3v) is 3.03. The molecule has 21 heavy (non-hydrogen) atoms. The maximum absolute atomic E-state index is 13.3.